The monoisotopic (exact) mass is 338 g/mol. The van der Waals surface area contributed by atoms with Crippen molar-refractivity contribution in [3.8, 4) is 5.69 Å². The highest BCUT2D eigenvalue weighted by Gasteiger charge is 2.23. The van der Waals surface area contributed by atoms with Crippen molar-refractivity contribution in [2.24, 2.45) is 4.99 Å². The zero-order chi connectivity index (χ0) is 15.7. The van der Waals surface area contributed by atoms with Gasteiger partial charge in [0.2, 0.25) is 0 Å². The van der Waals surface area contributed by atoms with Crippen molar-refractivity contribution in [3.05, 3.63) is 46.5 Å². The number of amides is 1. The number of carbonyl (C=O) groups excluding carboxylic acids is 1. The van der Waals surface area contributed by atoms with E-state index >= 15 is 0 Å². The van der Waals surface area contributed by atoms with Crippen LogP contribution in [0.3, 0.4) is 0 Å². The first-order valence-corrected chi connectivity index (χ1v) is 7.92. The summed E-state index contributed by atoms with van der Waals surface area (Å²) in [5, 5.41) is 7.77. The molecule has 1 amide bonds. The minimum absolute atomic E-state index is 0.185. The van der Waals surface area contributed by atoms with Gasteiger partial charge in [0.15, 0.2) is 5.17 Å². The van der Waals surface area contributed by atoms with E-state index in [1.165, 1.54) is 28.6 Å². The fourth-order valence-corrected chi connectivity index (χ4v) is 3.16. The lowest BCUT2D eigenvalue weighted by Crippen LogP contribution is -2.27. The molecule has 1 aromatic heterocycles. The molecule has 5 nitrogen and oxygen atoms in total. The zero-order valence-corrected chi connectivity index (χ0v) is 13.2. The predicted octanol–water partition coefficient (Wildman–Crippen LogP) is 2.81. The first kappa shape index (κ1) is 15.1. The van der Waals surface area contributed by atoms with Gasteiger partial charge in [0.25, 0.3) is 5.91 Å². The standard InChI is InChI=1S/C14H12ClFN4OS/c1-8-11(13(21)18-14-17-6-7-22-14)12(15)20(19-8)10-4-2-9(16)3-5-10/h2-5H,6-7H2,1H3,(H,17,18,21). The van der Waals surface area contributed by atoms with E-state index < -0.39 is 0 Å². The van der Waals surface area contributed by atoms with Gasteiger partial charge in [-0.05, 0) is 31.2 Å². The minimum Gasteiger partial charge on any atom is -0.301 e. The predicted molar refractivity (Wildman–Crippen MR) is 85.5 cm³/mol. The van der Waals surface area contributed by atoms with Gasteiger partial charge in [-0.3, -0.25) is 9.79 Å². The number of nitrogens with one attached hydrogen (secondary N) is 1. The maximum absolute atomic E-state index is 13.0. The molecule has 0 fully saturated rings. The normalized spacial score (nSPS) is 14.0. The Balaban J connectivity index is 1.92. The van der Waals surface area contributed by atoms with E-state index in [9.17, 15) is 9.18 Å². The number of aromatic nitrogens is 2. The summed E-state index contributed by atoms with van der Waals surface area (Å²) in [6.45, 7) is 2.40. The first-order chi connectivity index (χ1) is 10.6. The van der Waals surface area contributed by atoms with Crippen LogP contribution in [0, 0.1) is 12.7 Å². The Morgan fingerprint density at radius 1 is 1.41 bits per heavy atom. The highest BCUT2D eigenvalue weighted by atomic mass is 35.5. The SMILES string of the molecule is Cc1nn(-c2ccc(F)cc2)c(Cl)c1C(=O)NC1=NCCS1. The Bertz CT molecular complexity index is 757. The van der Waals surface area contributed by atoms with Crippen LogP contribution in [0.25, 0.3) is 5.69 Å². The largest absolute Gasteiger partial charge is 0.301 e. The third-order valence-electron chi connectivity index (χ3n) is 3.11. The van der Waals surface area contributed by atoms with Gasteiger partial charge in [-0.1, -0.05) is 23.4 Å². The van der Waals surface area contributed by atoms with Gasteiger partial charge in [-0.15, -0.1) is 0 Å². The topological polar surface area (TPSA) is 59.3 Å². The second-order valence-electron chi connectivity index (χ2n) is 4.63. The Morgan fingerprint density at radius 2 is 2.14 bits per heavy atom. The molecule has 2 aromatic rings. The molecule has 2 heterocycles. The van der Waals surface area contributed by atoms with Crippen LogP contribution < -0.4 is 5.32 Å². The molecule has 1 aromatic carbocycles. The maximum Gasteiger partial charge on any atom is 0.262 e. The molecule has 0 saturated heterocycles. The van der Waals surface area contributed by atoms with Gasteiger partial charge in [0, 0.05) is 5.75 Å². The summed E-state index contributed by atoms with van der Waals surface area (Å²) in [5.41, 5.74) is 1.37. The second kappa shape index (κ2) is 6.10. The van der Waals surface area contributed by atoms with Crippen molar-refractivity contribution in [1.29, 1.82) is 0 Å². The molecule has 0 aliphatic carbocycles. The van der Waals surface area contributed by atoms with Crippen LogP contribution >= 0.6 is 23.4 Å². The average molecular weight is 339 g/mol. The van der Waals surface area contributed by atoms with E-state index in [2.05, 4.69) is 15.4 Å². The lowest BCUT2D eigenvalue weighted by Gasteiger charge is -2.05. The van der Waals surface area contributed by atoms with Crippen molar-refractivity contribution >= 4 is 34.4 Å². The Labute approximate surface area is 135 Å². The molecule has 8 heteroatoms. The number of aryl methyl sites for hydroxylation is 1. The average Bonchev–Trinajstić information content (AvgIpc) is 3.08. The van der Waals surface area contributed by atoms with Crippen LogP contribution in [0.1, 0.15) is 16.1 Å². The van der Waals surface area contributed by atoms with Crippen LogP contribution in [-0.2, 0) is 0 Å². The van der Waals surface area contributed by atoms with Crippen molar-refractivity contribution in [1.82, 2.24) is 15.1 Å². The second-order valence-corrected chi connectivity index (χ2v) is 6.07. The van der Waals surface area contributed by atoms with Crippen LogP contribution in [0.5, 0.6) is 0 Å². The summed E-state index contributed by atoms with van der Waals surface area (Å²) in [7, 11) is 0. The third-order valence-corrected chi connectivity index (χ3v) is 4.35. The van der Waals surface area contributed by atoms with Crippen molar-refractivity contribution in [3.63, 3.8) is 0 Å². The molecule has 0 atom stereocenters. The summed E-state index contributed by atoms with van der Waals surface area (Å²) >= 11 is 7.77. The fraction of sp³-hybridized carbons (Fsp3) is 0.214. The molecule has 1 aliphatic rings. The molecule has 0 spiro atoms. The maximum atomic E-state index is 13.0. The van der Waals surface area contributed by atoms with Gasteiger partial charge in [0.1, 0.15) is 16.5 Å². The van der Waals surface area contributed by atoms with Crippen molar-refractivity contribution in [2.45, 2.75) is 6.92 Å². The molecular formula is C14H12ClFN4OS. The first-order valence-electron chi connectivity index (χ1n) is 6.56. The number of nitrogens with zero attached hydrogens (tertiary/aromatic N) is 3. The number of amidine groups is 1. The number of carbonyl (C=O) groups is 1. The molecule has 1 aliphatic heterocycles. The zero-order valence-electron chi connectivity index (χ0n) is 11.6. The van der Waals surface area contributed by atoms with Gasteiger partial charge < -0.3 is 5.32 Å². The number of thioether (sulfide) groups is 1. The lowest BCUT2D eigenvalue weighted by molar-refractivity contribution is 0.0977. The number of halogens is 2. The molecule has 1 N–H and O–H groups in total. The Morgan fingerprint density at radius 3 is 2.77 bits per heavy atom. The minimum atomic E-state index is -0.349. The molecule has 0 saturated carbocycles. The number of benzene rings is 1. The summed E-state index contributed by atoms with van der Waals surface area (Å²) < 4.78 is 14.4. The highest BCUT2D eigenvalue weighted by Crippen LogP contribution is 2.24. The summed E-state index contributed by atoms with van der Waals surface area (Å²) in [6, 6.07) is 5.72. The van der Waals surface area contributed by atoms with Crippen molar-refractivity contribution < 1.29 is 9.18 Å². The molecule has 114 valence electrons. The summed E-state index contributed by atoms with van der Waals surface area (Å²) in [5.74, 6) is 0.166. The van der Waals surface area contributed by atoms with Crippen LogP contribution in [0.2, 0.25) is 5.15 Å². The van der Waals surface area contributed by atoms with E-state index in [0.29, 0.717) is 28.7 Å². The van der Waals surface area contributed by atoms with Gasteiger partial charge >= 0.3 is 0 Å². The van der Waals surface area contributed by atoms with E-state index in [4.69, 9.17) is 11.6 Å². The van der Waals surface area contributed by atoms with E-state index in [1.807, 2.05) is 0 Å². The Kier molecular flexibility index (Phi) is 4.17. The van der Waals surface area contributed by atoms with Gasteiger partial charge in [-0.25, -0.2) is 9.07 Å². The van der Waals surface area contributed by atoms with Gasteiger partial charge in [0.05, 0.1) is 17.9 Å². The van der Waals surface area contributed by atoms with Crippen LogP contribution in [-0.4, -0.2) is 33.2 Å². The summed E-state index contributed by atoms with van der Waals surface area (Å²) in [4.78, 5) is 16.5. The highest BCUT2D eigenvalue weighted by molar-refractivity contribution is 8.14. The molecule has 0 radical (unpaired) electrons. The number of aliphatic imine (C=N–C) groups is 1. The van der Waals surface area contributed by atoms with E-state index in [1.54, 1.807) is 19.1 Å². The third kappa shape index (κ3) is 2.86. The molecule has 0 bridgehead atoms. The number of hydrogen-bond donors (Lipinski definition) is 1. The quantitative estimate of drug-likeness (QED) is 0.916. The summed E-state index contributed by atoms with van der Waals surface area (Å²) in [6.07, 6.45) is 0. The molecule has 0 unspecified atom stereocenters. The van der Waals surface area contributed by atoms with E-state index in [-0.39, 0.29) is 16.9 Å². The molecule has 3 rings (SSSR count). The molecule has 22 heavy (non-hydrogen) atoms. The Hall–Kier alpha value is -1.86. The van der Waals surface area contributed by atoms with Crippen molar-refractivity contribution in [2.75, 3.05) is 12.3 Å². The van der Waals surface area contributed by atoms with Gasteiger partial charge in [-0.2, -0.15) is 5.10 Å². The smallest absolute Gasteiger partial charge is 0.262 e. The number of rotatable bonds is 2. The number of hydrogen-bond acceptors (Lipinski definition) is 4. The van der Waals surface area contributed by atoms with Crippen LogP contribution in [0.4, 0.5) is 4.39 Å². The van der Waals surface area contributed by atoms with E-state index in [0.717, 1.165) is 5.75 Å². The fourth-order valence-electron chi connectivity index (χ4n) is 2.08. The van der Waals surface area contributed by atoms with Crippen LogP contribution in [0.15, 0.2) is 29.3 Å². The molecular weight excluding hydrogens is 327 g/mol. The lowest BCUT2D eigenvalue weighted by atomic mass is 10.2.